The third-order valence-electron chi connectivity index (χ3n) is 4.22. The minimum Gasteiger partial charge on any atom is -0.480 e. The molecule has 0 bridgehead atoms. The molecule has 2 N–H and O–H groups in total. The van der Waals surface area contributed by atoms with Gasteiger partial charge in [-0.1, -0.05) is 64.9 Å². The molecule has 0 saturated heterocycles. The van der Waals surface area contributed by atoms with Crippen LogP contribution in [0.25, 0.3) is 0 Å². The molecular formula is C18H30O6. The van der Waals surface area contributed by atoms with Gasteiger partial charge in [0.15, 0.2) is 5.41 Å². The smallest absolute Gasteiger partial charge is 0.330 e. The summed E-state index contributed by atoms with van der Waals surface area (Å²) in [4.78, 5) is 34.0. The van der Waals surface area contributed by atoms with Gasteiger partial charge in [0.25, 0.3) is 0 Å². The van der Waals surface area contributed by atoms with Gasteiger partial charge in [0, 0.05) is 12.5 Å². The van der Waals surface area contributed by atoms with Crippen molar-refractivity contribution >= 4 is 17.9 Å². The molecule has 0 atom stereocenters. The first-order valence-corrected chi connectivity index (χ1v) is 8.66. The highest BCUT2D eigenvalue weighted by Gasteiger charge is 2.45. The lowest BCUT2D eigenvalue weighted by atomic mass is 9.79. The Morgan fingerprint density at radius 1 is 0.917 bits per heavy atom. The maximum atomic E-state index is 11.5. The number of esters is 1. The lowest BCUT2D eigenvalue weighted by Crippen LogP contribution is -2.40. The Hall–Kier alpha value is -1.85. The summed E-state index contributed by atoms with van der Waals surface area (Å²) in [6, 6.07) is 0. The van der Waals surface area contributed by atoms with E-state index in [1.165, 1.54) is 19.3 Å². The zero-order valence-electron chi connectivity index (χ0n) is 14.6. The fourth-order valence-electron chi connectivity index (χ4n) is 2.59. The Balaban J connectivity index is 4.35. The zero-order valence-corrected chi connectivity index (χ0v) is 14.6. The van der Waals surface area contributed by atoms with Crippen molar-refractivity contribution in [3.05, 3.63) is 12.7 Å². The topological polar surface area (TPSA) is 101 Å². The normalized spacial score (nSPS) is 11.0. The van der Waals surface area contributed by atoms with E-state index >= 15 is 0 Å². The molecule has 0 aromatic carbocycles. The summed E-state index contributed by atoms with van der Waals surface area (Å²) in [6.45, 7) is 5.14. The van der Waals surface area contributed by atoms with E-state index in [1.54, 1.807) is 0 Å². The summed E-state index contributed by atoms with van der Waals surface area (Å²) in [5.41, 5.74) is -1.90. The number of unbranched alkanes of at least 4 members (excludes halogenated alkanes) is 7. The lowest BCUT2D eigenvalue weighted by Gasteiger charge is -2.24. The highest BCUT2D eigenvalue weighted by atomic mass is 16.5. The average Bonchev–Trinajstić information content (AvgIpc) is 2.54. The van der Waals surface area contributed by atoms with Gasteiger partial charge in [-0.25, -0.2) is 4.79 Å². The molecule has 6 heteroatoms. The van der Waals surface area contributed by atoms with E-state index in [9.17, 15) is 24.6 Å². The maximum absolute atomic E-state index is 11.5. The largest absolute Gasteiger partial charge is 0.480 e. The van der Waals surface area contributed by atoms with Crippen LogP contribution < -0.4 is 0 Å². The molecule has 0 aromatic heterocycles. The number of hydrogen-bond acceptors (Lipinski definition) is 4. The Bertz CT molecular complexity index is 402. The molecule has 0 unspecified atom stereocenters. The van der Waals surface area contributed by atoms with Crippen LogP contribution in [0.3, 0.4) is 0 Å². The minimum absolute atomic E-state index is 0.0399. The minimum atomic E-state index is -1.90. The summed E-state index contributed by atoms with van der Waals surface area (Å²) in [5, 5.41) is 18.7. The molecule has 0 heterocycles. The quantitative estimate of drug-likeness (QED) is 0.203. The molecule has 0 rings (SSSR count). The Morgan fingerprint density at radius 3 is 1.88 bits per heavy atom. The number of rotatable bonds is 15. The molecule has 0 fully saturated rings. The maximum Gasteiger partial charge on any atom is 0.330 e. The van der Waals surface area contributed by atoms with Gasteiger partial charge in [0.2, 0.25) is 0 Å². The SMILES string of the molecule is C=CC(=O)OCCC(CCCCCCCCCC)(C(=O)O)C(=O)O. The van der Waals surface area contributed by atoms with E-state index in [0.29, 0.717) is 6.42 Å². The van der Waals surface area contributed by atoms with Crippen LogP contribution in [-0.4, -0.2) is 34.7 Å². The van der Waals surface area contributed by atoms with E-state index in [0.717, 1.165) is 31.8 Å². The van der Waals surface area contributed by atoms with E-state index in [1.807, 2.05) is 0 Å². The Labute approximate surface area is 143 Å². The summed E-state index contributed by atoms with van der Waals surface area (Å²) in [5.74, 6) is -3.45. The third kappa shape index (κ3) is 8.13. The molecule has 0 aromatic rings. The molecule has 6 nitrogen and oxygen atoms in total. The monoisotopic (exact) mass is 342 g/mol. The number of carboxylic acid groups (broad SMARTS) is 2. The first-order valence-electron chi connectivity index (χ1n) is 8.66. The summed E-state index contributed by atoms with van der Waals surface area (Å²) in [6.07, 6.45) is 8.94. The van der Waals surface area contributed by atoms with E-state index in [-0.39, 0.29) is 19.4 Å². The molecule has 0 radical (unpaired) electrons. The van der Waals surface area contributed by atoms with Crippen molar-refractivity contribution in [3.63, 3.8) is 0 Å². The van der Waals surface area contributed by atoms with Crippen LogP contribution in [0.2, 0.25) is 0 Å². The van der Waals surface area contributed by atoms with Gasteiger partial charge in [-0.15, -0.1) is 0 Å². The van der Waals surface area contributed by atoms with Crippen molar-refractivity contribution in [3.8, 4) is 0 Å². The second-order valence-electron chi connectivity index (χ2n) is 6.04. The third-order valence-corrected chi connectivity index (χ3v) is 4.22. The fourth-order valence-corrected chi connectivity index (χ4v) is 2.59. The number of hydrogen-bond donors (Lipinski definition) is 2. The van der Waals surface area contributed by atoms with Crippen LogP contribution in [0.1, 0.15) is 71.1 Å². The molecule has 0 aliphatic rings. The summed E-state index contributed by atoms with van der Waals surface area (Å²) >= 11 is 0. The second-order valence-corrected chi connectivity index (χ2v) is 6.04. The molecule has 138 valence electrons. The molecule has 0 saturated carbocycles. The summed E-state index contributed by atoms with van der Waals surface area (Å²) in [7, 11) is 0. The van der Waals surface area contributed by atoms with Crippen LogP contribution in [0, 0.1) is 5.41 Å². The predicted molar refractivity (Wildman–Crippen MR) is 90.7 cm³/mol. The van der Waals surface area contributed by atoms with Gasteiger partial charge >= 0.3 is 17.9 Å². The fraction of sp³-hybridized carbons (Fsp3) is 0.722. The van der Waals surface area contributed by atoms with Crippen molar-refractivity contribution in [2.45, 2.75) is 71.1 Å². The van der Waals surface area contributed by atoms with Gasteiger partial charge < -0.3 is 14.9 Å². The highest BCUT2D eigenvalue weighted by molar-refractivity contribution is 5.98. The van der Waals surface area contributed by atoms with Crippen LogP contribution in [-0.2, 0) is 19.1 Å². The molecule has 24 heavy (non-hydrogen) atoms. The second kappa shape index (κ2) is 12.6. The Kier molecular flexibility index (Phi) is 11.6. The van der Waals surface area contributed by atoms with E-state index in [4.69, 9.17) is 4.74 Å². The van der Waals surface area contributed by atoms with Crippen molar-refractivity contribution in [2.24, 2.45) is 5.41 Å². The lowest BCUT2D eigenvalue weighted by molar-refractivity contribution is -0.168. The zero-order chi connectivity index (χ0) is 18.4. The van der Waals surface area contributed by atoms with Crippen LogP contribution in [0.15, 0.2) is 12.7 Å². The van der Waals surface area contributed by atoms with E-state index < -0.39 is 23.3 Å². The molecule has 0 aliphatic heterocycles. The van der Waals surface area contributed by atoms with Crippen LogP contribution >= 0.6 is 0 Å². The van der Waals surface area contributed by atoms with Gasteiger partial charge in [-0.3, -0.25) is 9.59 Å². The van der Waals surface area contributed by atoms with Gasteiger partial charge in [-0.2, -0.15) is 0 Å². The predicted octanol–water partition coefficient (Wildman–Crippen LogP) is 3.79. The van der Waals surface area contributed by atoms with Crippen molar-refractivity contribution in [1.29, 1.82) is 0 Å². The summed E-state index contributed by atoms with van der Waals surface area (Å²) < 4.78 is 4.75. The molecular weight excluding hydrogens is 312 g/mol. The van der Waals surface area contributed by atoms with Crippen molar-refractivity contribution in [2.75, 3.05) is 6.61 Å². The van der Waals surface area contributed by atoms with Crippen LogP contribution in [0.4, 0.5) is 0 Å². The number of aliphatic carboxylic acids is 2. The van der Waals surface area contributed by atoms with E-state index in [2.05, 4.69) is 13.5 Å². The molecule has 0 spiro atoms. The highest BCUT2D eigenvalue weighted by Crippen LogP contribution is 2.31. The standard InChI is InChI=1S/C18H30O6/c1-3-5-6-7-8-9-10-11-12-18(16(20)21,17(22)23)13-14-24-15(19)4-2/h4H,2-3,5-14H2,1H3,(H,20,21)(H,22,23). The number of carboxylic acids is 2. The average molecular weight is 342 g/mol. The first-order chi connectivity index (χ1) is 11.4. The van der Waals surface area contributed by atoms with Gasteiger partial charge in [0.1, 0.15) is 0 Å². The van der Waals surface area contributed by atoms with Crippen molar-refractivity contribution < 1.29 is 29.3 Å². The van der Waals surface area contributed by atoms with Crippen LogP contribution in [0.5, 0.6) is 0 Å². The number of carbonyl (C=O) groups excluding carboxylic acids is 1. The molecule has 0 aliphatic carbocycles. The van der Waals surface area contributed by atoms with Gasteiger partial charge in [0.05, 0.1) is 6.61 Å². The first kappa shape index (κ1) is 22.1. The van der Waals surface area contributed by atoms with Crippen molar-refractivity contribution in [1.82, 2.24) is 0 Å². The number of carbonyl (C=O) groups is 3. The van der Waals surface area contributed by atoms with Gasteiger partial charge in [-0.05, 0) is 6.42 Å². The number of ether oxygens (including phenoxy) is 1. The Morgan fingerprint density at radius 2 is 1.42 bits per heavy atom. The molecule has 0 amide bonds.